The Labute approximate surface area is 189 Å². The van der Waals surface area contributed by atoms with E-state index in [-0.39, 0.29) is 5.54 Å². The number of hydrogen-bond donors (Lipinski definition) is 1. The van der Waals surface area contributed by atoms with Gasteiger partial charge in [-0.25, -0.2) is 4.79 Å². The van der Waals surface area contributed by atoms with Gasteiger partial charge in [-0.1, -0.05) is 30.3 Å². The van der Waals surface area contributed by atoms with E-state index >= 15 is 0 Å². The number of aliphatic carboxylic acids is 1. The highest BCUT2D eigenvalue weighted by Crippen LogP contribution is 2.40. The Kier molecular flexibility index (Phi) is 7.61. The molecule has 1 amide bonds. The van der Waals surface area contributed by atoms with E-state index in [1.807, 2.05) is 17.4 Å². The quantitative estimate of drug-likeness (QED) is 0.697. The zero-order chi connectivity index (χ0) is 23.4. The topological polar surface area (TPSA) is 60.9 Å². The van der Waals surface area contributed by atoms with E-state index in [2.05, 4.69) is 53.1 Å². The predicted octanol–water partition coefficient (Wildman–Crippen LogP) is 4.85. The molecule has 9 heteroatoms. The van der Waals surface area contributed by atoms with Crippen molar-refractivity contribution in [2.24, 2.45) is 0 Å². The van der Waals surface area contributed by atoms with E-state index in [1.165, 1.54) is 15.3 Å². The van der Waals surface area contributed by atoms with Crippen molar-refractivity contribution < 1.29 is 27.9 Å². The molecule has 0 aliphatic carbocycles. The fourth-order valence-electron chi connectivity index (χ4n) is 4.33. The minimum Gasteiger partial charge on any atom is -0.475 e. The molecule has 3 heterocycles. The fraction of sp³-hybridized carbons (Fsp3) is 0.478. The van der Waals surface area contributed by atoms with Gasteiger partial charge in [0.1, 0.15) is 0 Å². The van der Waals surface area contributed by atoms with Crippen molar-refractivity contribution in [2.45, 2.75) is 57.4 Å². The molecule has 1 aromatic carbocycles. The number of benzene rings is 1. The smallest absolute Gasteiger partial charge is 0.475 e. The van der Waals surface area contributed by atoms with Crippen molar-refractivity contribution in [1.82, 2.24) is 9.80 Å². The summed E-state index contributed by atoms with van der Waals surface area (Å²) < 4.78 is 31.7. The number of carbonyl (C=O) groups is 2. The van der Waals surface area contributed by atoms with Crippen LogP contribution in [0.15, 0.2) is 42.5 Å². The first-order chi connectivity index (χ1) is 15.1. The molecular formula is C23H27F3N2O3S. The Morgan fingerprint density at radius 1 is 1.06 bits per heavy atom. The minimum atomic E-state index is -5.08. The number of piperidine rings is 1. The van der Waals surface area contributed by atoms with E-state index in [9.17, 15) is 18.0 Å². The van der Waals surface area contributed by atoms with Gasteiger partial charge in [-0.15, -0.1) is 11.3 Å². The van der Waals surface area contributed by atoms with Gasteiger partial charge in [-0.3, -0.25) is 9.69 Å². The molecule has 1 aromatic heterocycles. The number of rotatable bonds is 4. The lowest BCUT2D eigenvalue weighted by atomic mass is 9.84. The SMILES string of the molecule is Cc1ccc(CN2CCC3(CCC(=O)N3Cc3ccccc3)CC2)s1.O=C(O)C(F)(F)F. The van der Waals surface area contributed by atoms with Crippen LogP contribution in [-0.2, 0) is 22.7 Å². The number of carbonyl (C=O) groups excluding carboxylic acids is 1. The third-order valence-corrected chi connectivity index (χ3v) is 7.05. The molecule has 0 atom stereocenters. The summed E-state index contributed by atoms with van der Waals surface area (Å²) in [5.74, 6) is -2.42. The average molecular weight is 469 g/mol. The van der Waals surface area contributed by atoms with Crippen LogP contribution < -0.4 is 0 Å². The highest BCUT2D eigenvalue weighted by Gasteiger charge is 2.46. The Balaban J connectivity index is 0.000000360. The van der Waals surface area contributed by atoms with Crippen molar-refractivity contribution in [2.75, 3.05) is 13.1 Å². The van der Waals surface area contributed by atoms with Crippen LogP contribution >= 0.6 is 11.3 Å². The van der Waals surface area contributed by atoms with Crippen LogP contribution in [-0.4, -0.2) is 51.6 Å². The highest BCUT2D eigenvalue weighted by atomic mass is 32.1. The van der Waals surface area contributed by atoms with Gasteiger partial charge in [-0.05, 0) is 43.9 Å². The Bertz CT molecular complexity index is 922. The van der Waals surface area contributed by atoms with E-state index < -0.39 is 12.1 Å². The van der Waals surface area contributed by atoms with Crippen LogP contribution in [0.5, 0.6) is 0 Å². The third-order valence-electron chi connectivity index (χ3n) is 6.07. The number of aryl methyl sites for hydroxylation is 1. The first kappa shape index (κ1) is 24.3. The second-order valence-electron chi connectivity index (χ2n) is 8.28. The van der Waals surface area contributed by atoms with Gasteiger partial charge in [0.2, 0.25) is 5.91 Å². The number of halogens is 3. The number of carboxylic acids is 1. The second kappa shape index (κ2) is 10.0. The van der Waals surface area contributed by atoms with Crippen molar-refractivity contribution in [3.05, 3.63) is 57.8 Å². The van der Waals surface area contributed by atoms with Gasteiger partial charge < -0.3 is 10.0 Å². The molecule has 2 aliphatic rings. The molecule has 0 radical (unpaired) electrons. The van der Waals surface area contributed by atoms with Gasteiger partial charge in [0.25, 0.3) is 0 Å². The van der Waals surface area contributed by atoms with Gasteiger partial charge in [-0.2, -0.15) is 13.2 Å². The molecule has 32 heavy (non-hydrogen) atoms. The van der Waals surface area contributed by atoms with Crippen LogP contribution in [0.1, 0.15) is 41.0 Å². The number of amides is 1. The summed E-state index contributed by atoms with van der Waals surface area (Å²) in [6.07, 6.45) is -1.12. The number of nitrogens with zero attached hydrogens (tertiary/aromatic N) is 2. The van der Waals surface area contributed by atoms with Gasteiger partial charge >= 0.3 is 12.1 Å². The first-order valence-electron chi connectivity index (χ1n) is 10.5. The molecule has 2 saturated heterocycles. The molecule has 0 bridgehead atoms. The minimum absolute atomic E-state index is 0.0921. The molecule has 2 aromatic rings. The van der Waals surface area contributed by atoms with Crippen molar-refractivity contribution in [1.29, 1.82) is 0 Å². The molecular weight excluding hydrogens is 441 g/mol. The summed E-state index contributed by atoms with van der Waals surface area (Å²) in [5.41, 5.74) is 1.34. The summed E-state index contributed by atoms with van der Waals surface area (Å²) in [7, 11) is 0. The number of hydrogen-bond acceptors (Lipinski definition) is 4. The number of alkyl halides is 3. The number of carboxylic acid groups (broad SMARTS) is 1. The lowest BCUT2D eigenvalue weighted by Gasteiger charge is -2.45. The lowest BCUT2D eigenvalue weighted by Crippen LogP contribution is -2.52. The van der Waals surface area contributed by atoms with Crippen LogP contribution in [0.3, 0.4) is 0 Å². The maximum absolute atomic E-state index is 12.5. The van der Waals surface area contributed by atoms with Crippen molar-refractivity contribution in [3.8, 4) is 0 Å². The molecule has 2 aliphatic heterocycles. The average Bonchev–Trinajstić information content (AvgIpc) is 3.29. The molecule has 5 nitrogen and oxygen atoms in total. The summed E-state index contributed by atoms with van der Waals surface area (Å²) in [6, 6.07) is 14.9. The van der Waals surface area contributed by atoms with Gasteiger partial charge in [0.15, 0.2) is 0 Å². The monoisotopic (exact) mass is 468 g/mol. The number of thiophene rings is 1. The Hall–Kier alpha value is -2.39. The Morgan fingerprint density at radius 3 is 2.22 bits per heavy atom. The zero-order valence-electron chi connectivity index (χ0n) is 17.9. The van der Waals surface area contributed by atoms with Gasteiger partial charge in [0.05, 0.1) is 0 Å². The second-order valence-corrected chi connectivity index (χ2v) is 9.65. The predicted molar refractivity (Wildman–Crippen MR) is 116 cm³/mol. The van der Waals surface area contributed by atoms with E-state index in [0.717, 1.165) is 51.9 Å². The molecule has 0 saturated carbocycles. The van der Waals surface area contributed by atoms with Crippen LogP contribution in [0.25, 0.3) is 0 Å². The molecule has 4 rings (SSSR count). The van der Waals surface area contributed by atoms with Crippen molar-refractivity contribution in [3.63, 3.8) is 0 Å². The van der Waals surface area contributed by atoms with Gasteiger partial charge in [0, 0.05) is 47.9 Å². The summed E-state index contributed by atoms with van der Waals surface area (Å²) in [6.45, 7) is 6.18. The third kappa shape index (κ3) is 6.10. The maximum atomic E-state index is 12.5. The van der Waals surface area contributed by atoms with E-state index in [1.54, 1.807) is 0 Å². The largest absolute Gasteiger partial charge is 0.490 e. The highest BCUT2D eigenvalue weighted by molar-refractivity contribution is 7.11. The van der Waals surface area contributed by atoms with Crippen molar-refractivity contribution >= 4 is 23.2 Å². The lowest BCUT2D eigenvalue weighted by molar-refractivity contribution is -0.192. The maximum Gasteiger partial charge on any atom is 0.490 e. The van der Waals surface area contributed by atoms with E-state index in [4.69, 9.17) is 9.90 Å². The summed E-state index contributed by atoms with van der Waals surface area (Å²) >= 11 is 1.90. The molecule has 174 valence electrons. The number of likely N-dealkylation sites (tertiary alicyclic amines) is 2. The zero-order valence-corrected chi connectivity index (χ0v) is 18.7. The summed E-state index contributed by atoms with van der Waals surface area (Å²) in [5, 5.41) is 7.12. The fourth-order valence-corrected chi connectivity index (χ4v) is 5.27. The Morgan fingerprint density at radius 2 is 1.69 bits per heavy atom. The normalized spacial score (nSPS) is 18.5. The standard InChI is InChI=1S/C21H26N2OS.C2HF3O2/c1-17-7-8-19(25-17)16-22-13-11-21(12-14-22)10-9-20(24)23(21)15-18-5-3-2-4-6-18;3-2(4,5)1(6)7/h2-8H,9-16H2,1H3;(H,6,7). The molecule has 1 spiro atoms. The molecule has 0 unspecified atom stereocenters. The molecule has 1 N–H and O–H groups in total. The first-order valence-corrected chi connectivity index (χ1v) is 11.3. The van der Waals surface area contributed by atoms with Crippen LogP contribution in [0.2, 0.25) is 0 Å². The molecule has 2 fully saturated rings. The van der Waals surface area contributed by atoms with Crippen LogP contribution in [0, 0.1) is 6.92 Å². The summed E-state index contributed by atoms with van der Waals surface area (Å²) in [4.78, 5) is 29.0. The van der Waals surface area contributed by atoms with E-state index in [0.29, 0.717) is 5.91 Å². The van der Waals surface area contributed by atoms with Crippen LogP contribution in [0.4, 0.5) is 13.2 Å².